The van der Waals surface area contributed by atoms with Gasteiger partial charge in [-0.2, -0.15) is 21.6 Å². The molecular formula is C15H17F3INO3S. The van der Waals surface area contributed by atoms with Gasteiger partial charge in [0.15, 0.2) is 0 Å². The predicted octanol–water partition coefficient (Wildman–Crippen LogP) is 3.43. The molecule has 9 heteroatoms. The fourth-order valence-electron chi connectivity index (χ4n) is 3.70. The van der Waals surface area contributed by atoms with E-state index >= 15 is 0 Å². The summed E-state index contributed by atoms with van der Waals surface area (Å²) in [5.41, 5.74) is -3.92. The van der Waals surface area contributed by atoms with Crippen LogP contribution in [0.3, 0.4) is 0 Å². The van der Waals surface area contributed by atoms with Crippen LogP contribution in [0.4, 0.5) is 13.2 Å². The van der Waals surface area contributed by atoms with Gasteiger partial charge in [-0.1, -0.05) is 0 Å². The first-order chi connectivity index (χ1) is 11.1. The minimum atomic E-state index is -5.65. The SMILES string of the molecule is CN1CCC2(CCc3c(OS(=O)(=O)C(F)(F)F)ccc(I)c32)CC1. The van der Waals surface area contributed by atoms with Gasteiger partial charge in [0, 0.05) is 9.13 Å². The molecule has 0 atom stereocenters. The molecule has 0 aromatic heterocycles. The van der Waals surface area contributed by atoms with E-state index in [2.05, 4.69) is 31.7 Å². The molecule has 1 spiro atoms. The summed E-state index contributed by atoms with van der Waals surface area (Å²) < 4.78 is 66.0. The number of rotatable bonds is 2. The smallest absolute Gasteiger partial charge is 0.376 e. The normalized spacial score (nSPS) is 21.0. The molecule has 4 nitrogen and oxygen atoms in total. The van der Waals surface area contributed by atoms with Gasteiger partial charge in [0.1, 0.15) is 5.75 Å². The molecule has 0 N–H and O–H groups in total. The highest BCUT2D eigenvalue weighted by molar-refractivity contribution is 14.1. The summed E-state index contributed by atoms with van der Waals surface area (Å²) in [5, 5.41) is 0. The maximum absolute atomic E-state index is 12.6. The molecule has 1 saturated heterocycles. The van der Waals surface area contributed by atoms with Crippen molar-refractivity contribution in [3.63, 3.8) is 0 Å². The van der Waals surface area contributed by atoms with Crippen molar-refractivity contribution < 1.29 is 25.8 Å². The Kier molecular flexibility index (Phi) is 4.57. The van der Waals surface area contributed by atoms with Gasteiger partial charge in [0.25, 0.3) is 0 Å². The summed E-state index contributed by atoms with van der Waals surface area (Å²) in [4.78, 5) is 2.23. The van der Waals surface area contributed by atoms with Crippen LogP contribution < -0.4 is 4.18 Å². The Morgan fingerprint density at radius 2 is 1.83 bits per heavy atom. The van der Waals surface area contributed by atoms with E-state index in [4.69, 9.17) is 0 Å². The molecule has 1 heterocycles. The van der Waals surface area contributed by atoms with E-state index in [1.54, 1.807) is 6.07 Å². The van der Waals surface area contributed by atoms with Gasteiger partial charge in [0.05, 0.1) is 0 Å². The molecule has 0 unspecified atom stereocenters. The topological polar surface area (TPSA) is 46.6 Å². The Morgan fingerprint density at radius 1 is 1.21 bits per heavy atom. The molecular weight excluding hydrogens is 458 g/mol. The molecule has 1 aromatic carbocycles. The number of nitrogens with zero attached hydrogens (tertiary/aromatic N) is 1. The molecule has 0 radical (unpaired) electrons. The zero-order chi connectivity index (χ0) is 17.8. The second-order valence-electron chi connectivity index (χ2n) is 6.47. The van der Waals surface area contributed by atoms with Crippen molar-refractivity contribution in [3.05, 3.63) is 26.8 Å². The second kappa shape index (κ2) is 6.01. The lowest BCUT2D eigenvalue weighted by atomic mass is 9.74. The Labute approximate surface area is 152 Å². The maximum Gasteiger partial charge on any atom is 0.534 e. The number of likely N-dealkylation sites (tertiary alicyclic amines) is 1. The molecule has 24 heavy (non-hydrogen) atoms. The zero-order valence-electron chi connectivity index (χ0n) is 13.0. The number of fused-ring (bicyclic) bond motifs is 2. The van der Waals surface area contributed by atoms with Crippen LogP contribution in [0.5, 0.6) is 5.75 Å². The average molecular weight is 475 g/mol. The summed E-state index contributed by atoms with van der Waals surface area (Å²) in [6.45, 7) is 1.84. The predicted molar refractivity (Wildman–Crippen MR) is 91.5 cm³/mol. The molecule has 2 aliphatic rings. The van der Waals surface area contributed by atoms with Gasteiger partial charge >= 0.3 is 15.6 Å². The summed E-state index contributed by atoms with van der Waals surface area (Å²) in [7, 11) is -3.60. The Hall–Kier alpha value is -0.550. The number of hydrogen-bond acceptors (Lipinski definition) is 4. The molecule has 1 aromatic rings. The van der Waals surface area contributed by atoms with Crippen molar-refractivity contribution in [2.75, 3.05) is 20.1 Å². The van der Waals surface area contributed by atoms with E-state index in [0.29, 0.717) is 12.0 Å². The minimum absolute atomic E-state index is 0.0836. The van der Waals surface area contributed by atoms with Gasteiger partial charge < -0.3 is 9.08 Å². The zero-order valence-corrected chi connectivity index (χ0v) is 16.0. The number of hydrogen-bond donors (Lipinski definition) is 0. The average Bonchev–Trinajstić information content (AvgIpc) is 2.85. The maximum atomic E-state index is 12.6. The van der Waals surface area contributed by atoms with Crippen LogP contribution in [-0.2, 0) is 22.0 Å². The Balaban J connectivity index is 2.01. The van der Waals surface area contributed by atoms with E-state index in [0.717, 1.165) is 41.5 Å². The molecule has 0 bridgehead atoms. The van der Waals surface area contributed by atoms with Crippen LogP contribution >= 0.6 is 22.6 Å². The highest BCUT2D eigenvalue weighted by atomic mass is 127. The summed E-state index contributed by atoms with van der Waals surface area (Å²) in [6, 6.07) is 2.98. The van der Waals surface area contributed by atoms with Gasteiger partial charge in [0.2, 0.25) is 0 Å². The van der Waals surface area contributed by atoms with Crippen LogP contribution in [0.25, 0.3) is 0 Å². The second-order valence-corrected chi connectivity index (χ2v) is 9.17. The van der Waals surface area contributed by atoms with Crippen molar-refractivity contribution in [2.24, 2.45) is 0 Å². The van der Waals surface area contributed by atoms with Crippen LogP contribution in [0.1, 0.15) is 30.4 Å². The third-order valence-electron chi connectivity index (χ3n) is 5.03. The van der Waals surface area contributed by atoms with Crippen molar-refractivity contribution in [1.29, 1.82) is 0 Å². The lowest BCUT2D eigenvalue weighted by Crippen LogP contribution is -2.39. The monoisotopic (exact) mass is 475 g/mol. The number of benzene rings is 1. The van der Waals surface area contributed by atoms with Crippen LogP contribution in [0.2, 0.25) is 0 Å². The van der Waals surface area contributed by atoms with Gasteiger partial charge in [-0.05, 0) is 91.5 Å². The molecule has 134 valence electrons. The van der Waals surface area contributed by atoms with Gasteiger partial charge in [-0.15, -0.1) is 0 Å². The van der Waals surface area contributed by atoms with Crippen molar-refractivity contribution in [2.45, 2.75) is 36.6 Å². The van der Waals surface area contributed by atoms with Crippen molar-refractivity contribution >= 4 is 32.7 Å². The molecule has 1 aliphatic heterocycles. The summed E-state index contributed by atoms with van der Waals surface area (Å²) in [6.07, 6.45) is 3.20. The Morgan fingerprint density at radius 3 is 2.42 bits per heavy atom. The molecule has 3 rings (SSSR count). The lowest BCUT2D eigenvalue weighted by molar-refractivity contribution is -0.0500. The van der Waals surface area contributed by atoms with Crippen molar-refractivity contribution in [3.8, 4) is 5.75 Å². The van der Waals surface area contributed by atoms with E-state index in [9.17, 15) is 21.6 Å². The number of piperidine rings is 1. The Bertz CT molecular complexity index is 756. The van der Waals surface area contributed by atoms with Gasteiger partial charge in [-0.3, -0.25) is 0 Å². The number of halogens is 4. The fraction of sp³-hybridized carbons (Fsp3) is 0.600. The minimum Gasteiger partial charge on any atom is -0.376 e. The first-order valence-corrected chi connectivity index (χ1v) is 10.1. The lowest BCUT2D eigenvalue weighted by Gasteiger charge is -2.39. The van der Waals surface area contributed by atoms with Crippen LogP contribution in [-0.4, -0.2) is 39.0 Å². The highest BCUT2D eigenvalue weighted by Gasteiger charge is 2.50. The van der Waals surface area contributed by atoms with Crippen LogP contribution in [0, 0.1) is 3.57 Å². The third kappa shape index (κ3) is 3.03. The molecule has 0 saturated carbocycles. The molecule has 1 fully saturated rings. The first kappa shape index (κ1) is 18.2. The van der Waals surface area contributed by atoms with E-state index in [-0.39, 0.29) is 11.2 Å². The number of alkyl halides is 3. The largest absolute Gasteiger partial charge is 0.534 e. The van der Waals surface area contributed by atoms with Crippen LogP contribution in [0.15, 0.2) is 12.1 Å². The molecule has 0 amide bonds. The summed E-state index contributed by atoms with van der Waals surface area (Å²) >= 11 is 2.17. The first-order valence-electron chi connectivity index (χ1n) is 7.57. The van der Waals surface area contributed by atoms with Gasteiger partial charge in [-0.25, -0.2) is 0 Å². The third-order valence-corrected chi connectivity index (χ3v) is 6.89. The quantitative estimate of drug-likeness (QED) is 0.374. The van der Waals surface area contributed by atoms with E-state index in [1.165, 1.54) is 6.07 Å². The van der Waals surface area contributed by atoms with Crippen molar-refractivity contribution in [1.82, 2.24) is 4.90 Å². The van der Waals surface area contributed by atoms with E-state index < -0.39 is 15.6 Å². The summed E-state index contributed by atoms with van der Waals surface area (Å²) in [5.74, 6) is -0.182. The fourth-order valence-corrected chi connectivity index (χ4v) is 5.27. The highest BCUT2D eigenvalue weighted by Crippen LogP contribution is 2.50. The molecule has 1 aliphatic carbocycles. The standard InChI is InChI=1S/C15H17F3INO3S/c1-20-8-6-14(7-9-20)5-4-10-12(3-2-11(19)13(10)14)23-24(21,22)15(16,17)18/h2-3H,4-9H2,1H3. The van der Waals surface area contributed by atoms with E-state index in [1.807, 2.05) is 7.05 Å².